The van der Waals surface area contributed by atoms with Crippen LogP contribution in [-0.2, 0) is 6.42 Å². The van der Waals surface area contributed by atoms with Crippen LogP contribution in [0.15, 0.2) is 0 Å². The molecule has 1 aromatic rings. The molecule has 1 rings (SSSR count). The highest BCUT2D eigenvalue weighted by molar-refractivity contribution is 5.56. The third-order valence-corrected chi connectivity index (χ3v) is 3.49. The van der Waals surface area contributed by atoms with Crippen molar-refractivity contribution in [2.24, 2.45) is 11.3 Å². The second kappa shape index (κ2) is 6.70. The van der Waals surface area contributed by atoms with Gasteiger partial charge in [0.1, 0.15) is 17.5 Å². The van der Waals surface area contributed by atoms with Gasteiger partial charge in [-0.05, 0) is 25.2 Å². The molecule has 5 nitrogen and oxygen atoms in total. The fraction of sp³-hybridized carbons (Fsp3) is 0.714. The van der Waals surface area contributed by atoms with Crippen molar-refractivity contribution < 1.29 is 0 Å². The summed E-state index contributed by atoms with van der Waals surface area (Å²) in [6.45, 7) is 11.7. The molecule has 0 aliphatic rings. The van der Waals surface area contributed by atoms with E-state index in [0.29, 0.717) is 5.82 Å². The molecule has 108 valence electrons. The van der Waals surface area contributed by atoms with Gasteiger partial charge >= 0.3 is 0 Å². The quantitative estimate of drug-likeness (QED) is 0.522. The average molecular weight is 265 g/mol. The topological polar surface area (TPSA) is 75.9 Å². The van der Waals surface area contributed by atoms with Gasteiger partial charge in [0, 0.05) is 18.5 Å². The summed E-state index contributed by atoms with van der Waals surface area (Å²) in [5.74, 6) is 7.94. The first kappa shape index (κ1) is 15.7. The summed E-state index contributed by atoms with van der Waals surface area (Å²) < 4.78 is 0. The zero-order valence-electron chi connectivity index (χ0n) is 12.8. The maximum absolute atomic E-state index is 5.52. The van der Waals surface area contributed by atoms with E-state index in [1.807, 2.05) is 6.92 Å². The molecule has 1 aromatic heterocycles. The number of anilines is 2. The van der Waals surface area contributed by atoms with Crippen LogP contribution >= 0.6 is 0 Å². The van der Waals surface area contributed by atoms with Crippen molar-refractivity contribution in [2.45, 2.75) is 53.9 Å². The Morgan fingerprint density at radius 1 is 1.16 bits per heavy atom. The number of hydrazine groups is 1. The van der Waals surface area contributed by atoms with Crippen molar-refractivity contribution in [2.75, 3.05) is 17.3 Å². The van der Waals surface area contributed by atoms with Crippen molar-refractivity contribution in [3.63, 3.8) is 0 Å². The fourth-order valence-corrected chi connectivity index (χ4v) is 1.66. The van der Waals surface area contributed by atoms with Gasteiger partial charge in [-0.15, -0.1) is 0 Å². The van der Waals surface area contributed by atoms with Crippen LogP contribution in [0.25, 0.3) is 0 Å². The Labute approximate surface area is 116 Å². The molecule has 0 aliphatic carbocycles. The maximum Gasteiger partial charge on any atom is 0.148 e. The third-order valence-electron chi connectivity index (χ3n) is 3.49. The van der Waals surface area contributed by atoms with Crippen LogP contribution in [0.2, 0.25) is 0 Å². The molecule has 0 unspecified atom stereocenters. The van der Waals surface area contributed by atoms with Gasteiger partial charge in [-0.25, -0.2) is 15.8 Å². The molecule has 5 heteroatoms. The van der Waals surface area contributed by atoms with Crippen LogP contribution in [0.1, 0.15) is 51.9 Å². The highest BCUT2D eigenvalue weighted by Crippen LogP contribution is 2.24. The number of hydrogen-bond acceptors (Lipinski definition) is 5. The van der Waals surface area contributed by atoms with Crippen LogP contribution in [-0.4, -0.2) is 16.5 Å². The Hall–Kier alpha value is -1.36. The van der Waals surface area contributed by atoms with Gasteiger partial charge in [0.15, 0.2) is 0 Å². The predicted octanol–water partition coefficient (Wildman–Crippen LogP) is 2.87. The summed E-state index contributed by atoms with van der Waals surface area (Å²) in [4.78, 5) is 9.01. The fourth-order valence-electron chi connectivity index (χ4n) is 1.66. The summed E-state index contributed by atoms with van der Waals surface area (Å²) in [6, 6.07) is 0. The number of rotatable bonds is 7. The van der Waals surface area contributed by atoms with E-state index in [1.54, 1.807) is 0 Å². The maximum atomic E-state index is 5.52. The zero-order chi connectivity index (χ0) is 14.5. The average Bonchev–Trinajstić information content (AvgIpc) is 2.39. The van der Waals surface area contributed by atoms with Crippen LogP contribution in [0.3, 0.4) is 0 Å². The Balaban J connectivity index is 2.95. The summed E-state index contributed by atoms with van der Waals surface area (Å²) in [7, 11) is 0. The van der Waals surface area contributed by atoms with E-state index in [1.165, 1.54) is 0 Å². The zero-order valence-corrected chi connectivity index (χ0v) is 12.8. The van der Waals surface area contributed by atoms with Gasteiger partial charge < -0.3 is 10.7 Å². The first-order chi connectivity index (χ1) is 8.93. The monoisotopic (exact) mass is 265 g/mol. The largest absolute Gasteiger partial charge is 0.369 e. The van der Waals surface area contributed by atoms with E-state index >= 15 is 0 Å². The second-order valence-corrected chi connectivity index (χ2v) is 5.73. The number of hydrogen-bond donors (Lipinski definition) is 3. The number of aromatic nitrogens is 2. The lowest BCUT2D eigenvalue weighted by atomic mass is 9.90. The minimum Gasteiger partial charge on any atom is -0.369 e. The smallest absolute Gasteiger partial charge is 0.148 e. The molecule has 4 N–H and O–H groups in total. The predicted molar refractivity (Wildman–Crippen MR) is 81.1 cm³/mol. The molecular weight excluding hydrogens is 238 g/mol. The van der Waals surface area contributed by atoms with Crippen molar-refractivity contribution in [3.8, 4) is 0 Å². The Morgan fingerprint density at radius 2 is 1.79 bits per heavy atom. The SMILES string of the molecule is CCCc1nc(NN)c(C)c(NCC(C)(C)CC)n1. The van der Waals surface area contributed by atoms with E-state index in [2.05, 4.69) is 48.4 Å². The third kappa shape index (κ3) is 4.35. The lowest BCUT2D eigenvalue weighted by Crippen LogP contribution is -2.24. The Kier molecular flexibility index (Phi) is 5.54. The molecule has 0 fully saturated rings. The summed E-state index contributed by atoms with van der Waals surface area (Å²) in [6.07, 6.45) is 3.00. The van der Waals surface area contributed by atoms with E-state index < -0.39 is 0 Å². The summed E-state index contributed by atoms with van der Waals surface area (Å²) in [5, 5.41) is 3.43. The van der Waals surface area contributed by atoms with Gasteiger partial charge in [-0.3, -0.25) is 0 Å². The second-order valence-electron chi connectivity index (χ2n) is 5.73. The van der Waals surface area contributed by atoms with Gasteiger partial charge in [0.05, 0.1) is 0 Å². The number of nitrogens with two attached hydrogens (primary N) is 1. The molecule has 19 heavy (non-hydrogen) atoms. The molecule has 0 radical (unpaired) electrons. The van der Waals surface area contributed by atoms with E-state index in [0.717, 1.165) is 43.0 Å². The van der Waals surface area contributed by atoms with Crippen LogP contribution in [0, 0.1) is 12.3 Å². The number of nitrogens with zero attached hydrogens (tertiary/aromatic N) is 2. The Bertz CT molecular complexity index is 415. The highest BCUT2D eigenvalue weighted by Gasteiger charge is 2.17. The Morgan fingerprint density at radius 3 is 2.32 bits per heavy atom. The van der Waals surface area contributed by atoms with Crippen molar-refractivity contribution in [3.05, 3.63) is 11.4 Å². The lowest BCUT2D eigenvalue weighted by molar-refractivity contribution is 0.376. The van der Waals surface area contributed by atoms with Crippen molar-refractivity contribution >= 4 is 11.6 Å². The van der Waals surface area contributed by atoms with Gasteiger partial charge in [0.2, 0.25) is 0 Å². The van der Waals surface area contributed by atoms with Gasteiger partial charge in [0.25, 0.3) is 0 Å². The molecule has 0 aliphatic heterocycles. The van der Waals surface area contributed by atoms with Crippen LogP contribution in [0.4, 0.5) is 11.6 Å². The molecular formula is C14H27N5. The summed E-state index contributed by atoms with van der Waals surface area (Å²) >= 11 is 0. The lowest BCUT2D eigenvalue weighted by Gasteiger charge is -2.24. The molecule has 0 amide bonds. The minimum absolute atomic E-state index is 0.249. The molecule has 0 spiro atoms. The van der Waals surface area contributed by atoms with Crippen LogP contribution < -0.4 is 16.6 Å². The first-order valence-corrected chi connectivity index (χ1v) is 7.01. The van der Waals surface area contributed by atoms with Gasteiger partial charge in [-0.2, -0.15) is 0 Å². The molecule has 0 bridgehead atoms. The minimum atomic E-state index is 0.249. The standard InChI is InChI=1S/C14H27N5/c1-6-8-11-17-12(10(3)13(18-11)19-15)16-9-14(4,5)7-2/h6-9,15H2,1-5H3,(H2,16,17,18,19). The molecule has 0 atom stereocenters. The molecule has 0 saturated carbocycles. The van der Waals surface area contributed by atoms with Crippen molar-refractivity contribution in [1.82, 2.24) is 9.97 Å². The number of aryl methyl sites for hydroxylation is 1. The molecule has 0 saturated heterocycles. The van der Waals surface area contributed by atoms with Crippen molar-refractivity contribution in [1.29, 1.82) is 0 Å². The van der Waals surface area contributed by atoms with Gasteiger partial charge in [-0.1, -0.05) is 27.7 Å². The van der Waals surface area contributed by atoms with Crippen LogP contribution in [0.5, 0.6) is 0 Å². The summed E-state index contributed by atoms with van der Waals surface area (Å²) in [5.41, 5.74) is 3.87. The van der Waals surface area contributed by atoms with E-state index in [9.17, 15) is 0 Å². The number of nitrogen functional groups attached to an aromatic ring is 1. The molecule has 0 aromatic carbocycles. The molecule has 1 heterocycles. The van der Waals surface area contributed by atoms with E-state index in [-0.39, 0.29) is 5.41 Å². The number of nitrogens with one attached hydrogen (secondary N) is 2. The van der Waals surface area contributed by atoms with E-state index in [4.69, 9.17) is 5.84 Å². The highest BCUT2D eigenvalue weighted by atomic mass is 15.3. The first-order valence-electron chi connectivity index (χ1n) is 7.01. The normalized spacial score (nSPS) is 11.5.